The molecule has 0 bridgehead atoms. The lowest BCUT2D eigenvalue weighted by Crippen LogP contribution is -2.26. The largest absolute Gasteiger partial charge is 0.373 e. The van der Waals surface area contributed by atoms with Gasteiger partial charge in [-0.1, -0.05) is 30.0 Å². The Hall–Kier alpha value is -2.51. The highest BCUT2D eigenvalue weighted by Gasteiger charge is 2.22. The number of nitrogens with zero attached hydrogens (tertiary/aromatic N) is 3. The smallest absolute Gasteiger partial charge is 0.264 e. The van der Waals surface area contributed by atoms with Crippen LogP contribution in [0.25, 0.3) is 0 Å². The number of hydrogen-bond donors (Lipinski definition) is 2. The van der Waals surface area contributed by atoms with Gasteiger partial charge in [0.05, 0.1) is 5.71 Å². The molecule has 1 aliphatic rings. The van der Waals surface area contributed by atoms with Crippen molar-refractivity contribution < 1.29 is 9.90 Å². The summed E-state index contributed by atoms with van der Waals surface area (Å²) < 4.78 is 0. The summed E-state index contributed by atoms with van der Waals surface area (Å²) in [5.41, 5.74) is 1.13. The fourth-order valence-corrected chi connectivity index (χ4v) is 2.74. The van der Waals surface area contributed by atoms with E-state index in [1.807, 2.05) is 30.3 Å². The molecular weight excluding hydrogens is 312 g/mol. The Bertz CT molecular complexity index is 747. The fourth-order valence-electron chi connectivity index (χ4n) is 2.01. The van der Waals surface area contributed by atoms with Gasteiger partial charge < -0.3 is 10.4 Å². The third-order valence-corrected chi connectivity index (χ3v) is 4.06. The van der Waals surface area contributed by atoms with Crippen LogP contribution in [0.1, 0.15) is 12.0 Å². The van der Waals surface area contributed by atoms with E-state index in [0.29, 0.717) is 17.2 Å². The number of hydrogen-bond acceptors (Lipinski definition) is 6. The summed E-state index contributed by atoms with van der Waals surface area (Å²) in [7, 11) is 0. The van der Waals surface area contributed by atoms with Gasteiger partial charge in [-0.3, -0.25) is 9.78 Å². The molecule has 1 aromatic heterocycles. The average molecular weight is 326 g/mol. The average Bonchev–Trinajstić information content (AvgIpc) is 3.05. The van der Waals surface area contributed by atoms with Crippen LogP contribution in [0.2, 0.25) is 0 Å². The van der Waals surface area contributed by atoms with Gasteiger partial charge in [-0.15, -0.1) is 5.10 Å². The molecule has 0 aliphatic carbocycles. The van der Waals surface area contributed by atoms with Gasteiger partial charge in [-0.05, 0) is 24.3 Å². The maximum atomic E-state index is 12.0. The number of pyridine rings is 1. The molecule has 3 rings (SSSR count). The van der Waals surface area contributed by atoms with Crippen molar-refractivity contribution in [1.29, 1.82) is 0 Å². The number of para-hydroxylation sites is 1. The van der Waals surface area contributed by atoms with Crippen LogP contribution in [-0.4, -0.2) is 32.2 Å². The molecule has 2 aromatic rings. The summed E-state index contributed by atoms with van der Waals surface area (Å²) in [5, 5.41) is 21.4. The summed E-state index contributed by atoms with van der Waals surface area (Å²) in [6, 6.07) is 12.7. The normalized spacial score (nSPS) is 14.8. The van der Waals surface area contributed by atoms with Crippen LogP contribution in [0.15, 0.2) is 65.1 Å². The van der Waals surface area contributed by atoms with E-state index >= 15 is 0 Å². The van der Waals surface area contributed by atoms with Crippen molar-refractivity contribution in [2.45, 2.75) is 11.9 Å². The molecule has 116 valence electrons. The van der Waals surface area contributed by atoms with Crippen molar-refractivity contribution in [3.63, 3.8) is 0 Å². The third-order valence-electron chi connectivity index (χ3n) is 3.13. The van der Waals surface area contributed by atoms with Gasteiger partial charge in [0.2, 0.25) is 0 Å². The summed E-state index contributed by atoms with van der Waals surface area (Å²) >= 11 is 0.996. The molecule has 7 heteroatoms. The maximum Gasteiger partial charge on any atom is 0.264 e. The second-order valence-electron chi connectivity index (χ2n) is 4.78. The lowest BCUT2D eigenvalue weighted by Gasteiger charge is -2.10. The minimum absolute atomic E-state index is 0.485. The van der Waals surface area contributed by atoms with E-state index in [9.17, 15) is 9.90 Å². The second kappa shape index (κ2) is 7.17. The van der Waals surface area contributed by atoms with Crippen LogP contribution in [0.4, 0.5) is 5.69 Å². The van der Waals surface area contributed by atoms with Gasteiger partial charge in [0.25, 0.3) is 5.91 Å². The van der Waals surface area contributed by atoms with E-state index < -0.39 is 11.3 Å². The molecule has 23 heavy (non-hydrogen) atoms. The molecule has 1 atom stereocenters. The lowest BCUT2D eigenvalue weighted by atomic mass is 10.1. The Balaban J connectivity index is 1.53. The van der Waals surface area contributed by atoms with E-state index in [-0.39, 0.29) is 0 Å². The topological polar surface area (TPSA) is 86.9 Å². The quantitative estimate of drug-likeness (QED) is 0.844. The Morgan fingerprint density at radius 1 is 1.13 bits per heavy atom. The highest BCUT2D eigenvalue weighted by molar-refractivity contribution is 8.14. The summed E-state index contributed by atoms with van der Waals surface area (Å²) in [4.78, 5) is 15.9. The number of aromatic nitrogens is 1. The summed E-state index contributed by atoms with van der Waals surface area (Å²) in [6.45, 7) is 0. The first-order chi connectivity index (χ1) is 11.2. The van der Waals surface area contributed by atoms with Crippen molar-refractivity contribution in [2.24, 2.45) is 10.2 Å². The third kappa shape index (κ3) is 4.02. The molecule has 1 aliphatic heterocycles. The highest BCUT2D eigenvalue weighted by atomic mass is 32.2. The minimum Gasteiger partial charge on any atom is -0.373 e. The number of aliphatic hydroxyl groups excluding tert-OH is 1. The van der Waals surface area contributed by atoms with Gasteiger partial charge in [0.15, 0.2) is 5.44 Å². The molecule has 0 saturated heterocycles. The van der Waals surface area contributed by atoms with Gasteiger partial charge in [-0.25, -0.2) is 0 Å². The van der Waals surface area contributed by atoms with Crippen molar-refractivity contribution in [3.8, 4) is 0 Å². The number of amides is 1. The molecule has 1 aromatic carbocycles. The van der Waals surface area contributed by atoms with Crippen molar-refractivity contribution in [2.75, 3.05) is 5.32 Å². The molecule has 0 spiro atoms. The molecular formula is C16H14N4O2S. The Kier molecular flexibility index (Phi) is 4.80. The van der Waals surface area contributed by atoms with Crippen LogP contribution in [-0.2, 0) is 4.79 Å². The number of rotatable bonds is 4. The minimum atomic E-state index is -1.24. The zero-order valence-electron chi connectivity index (χ0n) is 12.1. The van der Waals surface area contributed by atoms with E-state index in [2.05, 4.69) is 20.5 Å². The number of nitrogens with one attached hydrogen (secondary N) is 1. The zero-order chi connectivity index (χ0) is 16.1. The Morgan fingerprint density at radius 2 is 1.87 bits per heavy atom. The summed E-state index contributed by atoms with van der Waals surface area (Å²) in [5.74, 6) is -0.485. The van der Waals surface area contributed by atoms with Crippen LogP contribution in [0.5, 0.6) is 0 Å². The van der Waals surface area contributed by atoms with E-state index in [0.717, 1.165) is 23.0 Å². The number of thioether (sulfide) groups is 1. The number of benzene rings is 1. The van der Waals surface area contributed by atoms with Gasteiger partial charge in [0, 0.05) is 30.1 Å². The number of anilines is 1. The monoisotopic (exact) mass is 326 g/mol. The second-order valence-corrected chi connectivity index (χ2v) is 5.93. The molecule has 1 amide bonds. The van der Waals surface area contributed by atoms with E-state index in [1.54, 1.807) is 24.5 Å². The van der Waals surface area contributed by atoms with Crippen molar-refractivity contribution in [1.82, 2.24) is 4.98 Å². The molecule has 1 unspecified atom stereocenters. The number of aliphatic hydroxyl groups is 1. The van der Waals surface area contributed by atoms with E-state index in [1.165, 1.54) is 0 Å². The standard InChI is InChI=1S/C16H14N4O2S/c21-15(18-12-4-2-1-3-5-12)16(22)23-14-10-13(19-20-14)11-6-8-17-9-7-11/h1-9,16,22H,10H2,(H,18,21). The molecule has 0 fully saturated rings. The van der Waals surface area contributed by atoms with Crippen molar-refractivity contribution >= 4 is 34.1 Å². The molecule has 2 N–H and O–H groups in total. The maximum absolute atomic E-state index is 12.0. The first kappa shape index (κ1) is 15.4. The lowest BCUT2D eigenvalue weighted by molar-refractivity contribution is -0.120. The van der Waals surface area contributed by atoms with Crippen LogP contribution in [0, 0.1) is 0 Å². The predicted molar refractivity (Wildman–Crippen MR) is 91.5 cm³/mol. The predicted octanol–water partition coefficient (Wildman–Crippen LogP) is 2.28. The molecule has 2 heterocycles. The molecule has 0 saturated carbocycles. The Labute approximate surface area is 137 Å². The van der Waals surface area contributed by atoms with Crippen molar-refractivity contribution in [3.05, 3.63) is 60.4 Å². The first-order valence-corrected chi connectivity index (χ1v) is 7.85. The number of carbonyl (C=O) groups excluding carboxylic acids is 1. The van der Waals surface area contributed by atoms with Crippen LogP contribution < -0.4 is 5.32 Å². The van der Waals surface area contributed by atoms with E-state index in [4.69, 9.17) is 0 Å². The first-order valence-electron chi connectivity index (χ1n) is 6.97. The molecule has 6 nitrogen and oxygen atoms in total. The van der Waals surface area contributed by atoms with Gasteiger partial charge in [0.1, 0.15) is 5.04 Å². The zero-order valence-corrected chi connectivity index (χ0v) is 12.9. The van der Waals surface area contributed by atoms with Crippen LogP contribution >= 0.6 is 11.8 Å². The number of carbonyl (C=O) groups is 1. The van der Waals surface area contributed by atoms with Gasteiger partial charge >= 0.3 is 0 Å². The summed E-state index contributed by atoms with van der Waals surface area (Å²) in [6.07, 6.45) is 3.86. The highest BCUT2D eigenvalue weighted by Crippen LogP contribution is 2.22. The SMILES string of the molecule is O=C(Nc1ccccc1)C(O)SC1=NN=C(c2ccncc2)C1. The van der Waals surface area contributed by atoms with Gasteiger partial charge in [-0.2, -0.15) is 5.10 Å². The Morgan fingerprint density at radius 3 is 2.61 bits per heavy atom. The molecule has 0 radical (unpaired) electrons. The van der Waals surface area contributed by atoms with Crippen LogP contribution in [0.3, 0.4) is 0 Å². The fraction of sp³-hybridized carbons (Fsp3) is 0.125.